The predicted molar refractivity (Wildman–Crippen MR) is 78.5 cm³/mol. The third kappa shape index (κ3) is 2.74. The number of hydrogen-bond acceptors (Lipinski definition) is 3. The molecule has 0 radical (unpaired) electrons. The van der Waals surface area contributed by atoms with Gasteiger partial charge < -0.3 is 10.6 Å². The molecule has 0 spiro atoms. The number of rotatable bonds is 4. The zero-order chi connectivity index (χ0) is 13.9. The summed E-state index contributed by atoms with van der Waals surface area (Å²) in [6.07, 6.45) is 3.18. The fourth-order valence-corrected chi connectivity index (χ4v) is 2.17. The first-order valence-electron chi connectivity index (χ1n) is 7.11. The van der Waals surface area contributed by atoms with Crippen LogP contribution in [0.3, 0.4) is 0 Å². The highest BCUT2D eigenvalue weighted by molar-refractivity contribution is 5.80. The van der Waals surface area contributed by atoms with Gasteiger partial charge in [-0.25, -0.2) is 4.99 Å². The van der Waals surface area contributed by atoms with Crippen LogP contribution < -0.4 is 10.6 Å². The molecule has 2 heterocycles. The average molecular weight is 272 g/mol. The Morgan fingerprint density at radius 3 is 3.05 bits per heavy atom. The maximum Gasteiger partial charge on any atom is 0.191 e. The largest absolute Gasteiger partial charge is 0.357 e. The highest BCUT2D eigenvalue weighted by atomic mass is 15.3. The molecule has 0 amide bonds. The van der Waals surface area contributed by atoms with Crippen molar-refractivity contribution in [2.45, 2.75) is 32.9 Å². The lowest BCUT2D eigenvalue weighted by Crippen LogP contribution is -2.39. The smallest absolute Gasteiger partial charge is 0.191 e. The topological polar surface area (TPSA) is 66.6 Å². The minimum atomic E-state index is 0.515. The Morgan fingerprint density at radius 2 is 2.30 bits per heavy atom. The molecule has 1 fully saturated rings. The molecule has 1 saturated carbocycles. The van der Waals surface area contributed by atoms with E-state index < -0.39 is 0 Å². The summed E-state index contributed by atoms with van der Waals surface area (Å²) in [6, 6.07) is 6.42. The lowest BCUT2D eigenvalue weighted by molar-refractivity contribution is 0.759. The summed E-state index contributed by atoms with van der Waals surface area (Å²) in [5.74, 6) is 2.45. The van der Waals surface area contributed by atoms with E-state index >= 15 is 0 Å². The second kappa shape index (κ2) is 5.48. The molecule has 3 rings (SSSR count). The molecular weight excluding hydrogens is 252 g/mol. The fraction of sp³-hybridized carbons (Fsp3) is 0.500. The van der Waals surface area contributed by atoms with Gasteiger partial charge >= 0.3 is 0 Å². The second-order valence-corrected chi connectivity index (χ2v) is 5.20. The summed E-state index contributed by atoms with van der Waals surface area (Å²) in [4.78, 5) is 4.59. The van der Waals surface area contributed by atoms with Crippen molar-refractivity contribution in [1.82, 2.24) is 25.2 Å². The van der Waals surface area contributed by atoms with Crippen LogP contribution in [0.4, 0.5) is 0 Å². The van der Waals surface area contributed by atoms with Gasteiger partial charge in [0.05, 0.1) is 0 Å². The first kappa shape index (κ1) is 12.9. The number of nitrogens with zero attached hydrogens (tertiary/aromatic N) is 4. The Kier molecular flexibility index (Phi) is 3.54. The average Bonchev–Trinajstić information content (AvgIpc) is 3.00. The summed E-state index contributed by atoms with van der Waals surface area (Å²) in [5.41, 5.74) is 0.853. The molecule has 2 aromatic heterocycles. The summed E-state index contributed by atoms with van der Waals surface area (Å²) in [7, 11) is 0. The maximum absolute atomic E-state index is 4.59. The highest BCUT2D eigenvalue weighted by Crippen LogP contribution is 2.28. The molecule has 2 N–H and O–H groups in total. The zero-order valence-electron chi connectivity index (χ0n) is 11.9. The normalized spacial score (nSPS) is 22.0. The van der Waals surface area contributed by atoms with Gasteiger partial charge in [0.2, 0.25) is 0 Å². The van der Waals surface area contributed by atoms with Crippen LogP contribution in [0.5, 0.6) is 0 Å². The molecular formula is C14H20N6. The SMILES string of the molecule is CCNC(=NCc1nnc2ccccn12)NC1CC1C. The van der Waals surface area contributed by atoms with Gasteiger partial charge in [0.1, 0.15) is 6.54 Å². The van der Waals surface area contributed by atoms with Crippen LogP contribution >= 0.6 is 0 Å². The minimum absolute atomic E-state index is 0.515. The summed E-state index contributed by atoms with van der Waals surface area (Å²) >= 11 is 0. The van der Waals surface area contributed by atoms with Crippen LogP contribution in [0.2, 0.25) is 0 Å². The number of fused-ring (bicyclic) bond motifs is 1. The van der Waals surface area contributed by atoms with Crippen molar-refractivity contribution in [2.75, 3.05) is 6.54 Å². The monoisotopic (exact) mass is 272 g/mol. The van der Waals surface area contributed by atoms with Gasteiger partial charge in [0.25, 0.3) is 0 Å². The van der Waals surface area contributed by atoms with E-state index in [1.807, 2.05) is 28.8 Å². The van der Waals surface area contributed by atoms with Crippen LogP contribution in [0.15, 0.2) is 29.4 Å². The first-order valence-corrected chi connectivity index (χ1v) is 7.11. The van der Waals surface area contributed by atoms with Crippen molar-refractivity contribution in [3.8, 4) is 0 Å². The fourth-order valence-electron chi connectivity index (χ4n) is 2.17. The number of pyridine rings is 1. The molecule has 0 bridgehead atoms. The zero-order valence-corrected chi connectivity index (χ0v) is 11.9. The molecule has 1 aliphatic rings. The number of aliphatic imine (C=N–C) groups is 1. The summed E-state index contributed by atoms with van der Waals surface area (Å²) in [5, 5.41) is 15.0. The highest BCUT2D eigenvalue weighted by Gasteiger charge is 2.33. The molecule has 6 heteroatoms. The van der Waals surface area contributed by atoms with Crippen LogP contribution in [-0.4, -0.2) is 33.1 Å². The molecule has 2 aromatic rings. The Labute approximate surface area is 118 Å². The van der Waals surface area contributed by atoms with E-state index in [0.29, 0.717) is 12.6 Å². The standard InChI is InChI=1S/C14H20N6/c1-3-15-14(17-11-8-10(11)2)16-9-13-19-18-12-6-4-5-7-20(12)13/h4-7,10-11H,3,8-9H2,1-2H3,(H2,15,16,17). The van der Waals surface area contributed by atoms with Gasteiger partial charge in [-0.15, -0.1) is 10.2 Å². The van der Waals surface area contributed by atoms with E-state index in [4.69, 9.17) is 0 Å². The van der Waals surface area contributed by atoms with Crippen LogP contribution in [0.1, 0.15) is 26.1 Å². The summed E-state index contributed by atoms with van der Waals surface area (Å²) < 4.78 is 1.97. The van der Waals surface area contributed by atoms with Crippen LogP contribution in [-0.2, 0) is 6.54 Å². The number of aromatic nitrogens is 3. The Morgan fingerprint density at radius 1 is 1.45 bits per heavy atom. The molecule has 1 aliphatic carbocycles. The van der Waals surface area contributed by atoms with E-state index in [2.05, 4.69) is 39.7 Å². The lowest BCUT2D eigenvalue weighted by Gasteiger charge is -2.10. The summed E-state index contributed by atoms with van der Waals surface area (Å²) in [6.45, 7) is 5.68. The predicted octanol–water partition coefficient (Wildman–Crippen LogP) is 1.19. The molecule has 0 saturated heterocycles. The minimum Gasteiger partial charge on any atom is -0.357 e. The molecule has 2 atom stereocenters. The van der Waals surface area contributed by atoms with Gasteiger partial charge in [-0.2, -0.15) is 0 Å². The maximum atomic E-state index is 4.59. The lowest BCUT2D eigenvalue weighted by atomic mass is 10.4. The molecule has 2 unspecified atom stereocenters. The Hall–Kier alpha value is -2.11. The molecule has 106 valence electrons. The molecule has 6 nitrogen and oxygen atoms in total. The van der Waals surface area contributed by atoms with Gasteiger partial charge in [-0.3, -0.25) is 4.40 Å². The third-order valence-electron chi connectivity index (χ3n) is 3.54. The number of nitrogens with one attached hydrogen (secondary N) is 2. The number of guanidine groups is 1. The number of hydrogen-bond donors (Lipinski definition) is 2. The second-order valence-electron chi connectivity index (χ2n) is 5.20. The van der Waals surface area contributed by atoms with Gasteiger partial charge in [-0.1, -0.05) is 13.0 Å². The van der Waals surface area contributed by atoms with E-state index in [1.165, 1.54) is 6.42 Å². The Balaban J connectivity index is 1.72. The van der Waals surface area contributed by atoms with Crippen molar-refractivity contribution in [3.63, 3.8) is 0 Å². The van der Waals surface area contributed by atoms with Crippen LogP contribution in [0.25, 0.3) is 5.65 Å². The van der Waals surface area contributed by atoms with Gasteiger partial charge in [-0.05, 0) is 31.4 Å². The van der Waals surface area contributed by atoms with E-state index in [9.17, 15) is 0 Å². The van der Waals surface area contributed by atoms with Crippen molar-refractivity contribution in [2.24, 2.45) is 10.9 Å². The van der Waals surface area contributed by atoms with Crippen LogP contribution in [0, 0.1) is 5.92 Å². The molecule has 0 aromatic carbocycles. The van der Waals surface area contributed by atoms with Crippen molar-refractivity contribution in [3.05, 3.63) is 30.2 Å². The quantitative estimate of drug-likeness (QED) is 0.648. The third-order valence-corrected chi connectivity index (χ3v) is 3.54. The Bertz CT molecular complexity index is 617. The van der Waals surface area contributed by atoms with Crippen molar-refractivity contribution < 1.29 is 0 Å². The van der Waals surface area contributed by atoms with Crippen molar-refractivity contribution >= 4 is 11.6 Å². The molecule has 0 aliphatic heterocycles. The van der Waals surface area contributed by atoms with Gasteiger partial charge in [0.15, 0.2) is 17.4 Å². The van der Waals surface area contributed by atoms with Crippen molar-refractivity contribution in [1.29, 1.82) is 0 Å². The van der Waals surface area contributed by atoms with E-state index in [-0.39, 0.29) is 0 Å². The molecule has 20 heavy (non-hydrogen) atoms. The first-order chi connectivity index (χ1) is 9.78. The van der Waals surface area contributed by atoms with Gasteiger partial charge in [0, 0.05) is 18.8 Å². The van der Waals surface area contributed by atoms with E-state index in [0.717, 1.165) is 29.9 Å². The van der Waals surface area contributed by atoms with E-state index in [1.54, 1.807) is 0 Å².